The molecule has 1 aliphatic heterocycles. The maximum Gasteiger partial charge on any atom is 0.332 e. The molecule has 1 aromatic carbocycles. The highest BCUT2D eigenvalue weighted by molar-refractivity contribution is 7.25. The van der Waals surface area contributed by atoms with Crippen LogP contribution in [0.15, 0.2) is 52.2 Å². The maximum atomic E-state index is 13.5. The second-order valence-electron chi connectivity index (χ2n) is 8.32. The number of hydrogen-bond acceptors (Lipinski definition) is 6. The number of ether oxygens (including phenoxy) is 1. The molecular formula is C24H24N4O4S. The smallest absolute Gasteiger partial charge is 0.332 e. The van der Waals surface area contributed by atoms with Gasteiger partial charge in [0.2, 0.25) is 5.91 Å². The number of nitrogens with zero attached hydrogens (tertiary/aromatic N) is 3. The summed E-state index contributed by atoms with van der Waals surface area (Å²) in [5, 5.41) is 3.58. The van der Waals surface area contributed by atoms with Crippen LogP contribution in [0.25, 0.3) is 20.4 Å². The van der Waals surface area contributed by atoms with Crippen molar-refractivity contribution < 1.29 is 9.53 Å². The van der Waals surface area contributed by atoms with Gasteiger partial charge in [0.15, 0.2) is 0 Å². The van der Waals surface area contributed by atoms with Crippen LogP contribution in [0.2, 0.25) is 0 Å². The van der Waals surface area contributed by atoms with Crippen molar-refractivity contribution in [2.24, 2.45) is 0 Å². The van der Waals surface area contributed by atoms with Crippen LogP contribution in [0.3, 0.4) is 0 Å². The highest BCUT2D eigenvalue weighted by atomic mass is 32.1. The first kappa shape index (κ1) is 21.5. The standard InChI is InChI=1S/C24H24N4O4S/c1-15-6-8-16(9-7-15)12-26-19(29)14-27-20-18-5-2-10-25-22(18)33-21(20)23(30)28(24(27)31)13-17-4-3-11-32-17/h2,5-10,17H,3-4,11-14H2,1H3,(H,26,29)/t17-/m1/s1. The van der Waals surface area contributed by atoms with Gasteiger partial charge in [-0.15, -0.1) is 11.3 Å². The van der Waals surface area contributed by atoms with Gasteiger partial charge in [0, 0.05) is 24.7 Å². The molecule has 3 aromatic heterocycles. The Bertz CT molecular complexity index is 1450. The summed E-state index contributed by atoms with van der Waals surface area (Å²) in [4.78, 5) is 44.6. The third-order valence-corrected chi connectivity index (χ3v) is 7.02. The molecule has 0 bridgehead atoms. The summed E-state index contributed by atoms with van der Waals surface area (Å²) < 4.78 is 8.69. The van der Waals surface area contributed by atoms with Gasteiger partial charge < -0.3 is 10.1 Å². The van der Waals surface area contributed by atoms with E-state index in [4.69, 9.17) is 4.74 Å². The zero-order valence-corrected chi connectivity index (χ0v) is 19.1. The van der Waals surface area contributed by atoms with Crippen LogP contribution in [0.4, 0.5) is 0 Å². The van der Waals surface area contributed by atoms with Crippen molar-refractivity contribution in [3.63, 3.8) is 0 Å². The van der Waals surface area contributed by atoms with Crippen LogP contribution in [0.1, 0.15) is 24.0 Å². The summed E-state index contributed by atoms with van der Waals surface area (Å²) in [7, 11) is 0. The number of hydrogen-bond donors (Lipinski definition) is 1. The van der Waals surface area contributed by atoms with E-state index in [1.807, 2.05) is 37.3 Å². The van der Waals surface area contributed by atoms with Crippen LogP contribution < -0.4 is 16.6 Å². The first-order valence-corrected chi connectivity index (χ1v) is 11.8. The van der Waals surface area contributed by atoms with Crippen LogP contribution >= 0.6 is 11.3 Å². The Morgan fingerprint density at radius 1 is 1.21 bits per heavy atom. The van der Waals surface area contributed by atoms with E-state index in [0.717, 1.165) is 24.0 Å². The van der Waals surface area contributed by atoms with Gasteiger partial charge in [0.1, 0.15) is 16.1 Å². The zero-order chi connectivity index (χ0) is 22.9. The van der Waals surface area contributed by atoms with Crippen molar-refractivity contribution in [2.75, 3.05) is 6.61 Å². The molecule has 0 radical (unpaired) electrons. The lowest BCUT2D eigenvalue weighted by Gasteiger charge is -2.15. The van der Waals surface area contributed by atoms with E-state index in [0.29, 0.717) is 33.6 Å². The lowest BCUT2D eigenvalue weighted by molar-refractivity contribution is -0.121. The molecule has 4 heterocycles. The van der Waals surface area contributed by atoms with Crippen molar-refractivity contribution in [3.8, 4) is 0 Å². The Labute approximate surface area is 193 Å². The highest BCUT2D eigenvalue weighted by Crippen LogP contribution is 2.29. The normalized spacial score (nSPS) is 16.0. The molecule has 1 saturated heterocycles. The largest absolute Gasteiger partial charge is 0.376 e. The molecular weight excluding hydrogens is 440 g/mol. The van der Waals surface area contributed by atoms with Crippen molar-refractivity contribution in [1.82, 2.24) is 19.4 Å². The van der Waals surface area contributed by atoms with Crippen LogP contribution in [0, 0.1) is 6.92 Å². The molecule has 9 heteroatoms. The summed E-state index contributed by atoms with van der Waals surface area (Å²) in [5.74, 6) is -0.301. The van der Waals surface area contributed by atoms with E-state index >= 15 is 0 Å². The predicted molar refractivity (Wildman–Crippen MR) is 128 cm³/mol. The Morgan fingerprint density at radius 3 is 2.79 bits per heavy atom. The number of aromatic nitrogens is 3. The molecule has 1 aliphatic rings. The molecule has 0 aliphatic carbocycles. The van der Waals surface area contributed by atoms with E-state index in [-0.39, 0.29) is 30.7 Å². The number of fused-ring (bicyclic) bond motifs is 3. The summed E-state index contributed by atoms with van der Waals surface area (Å²) in [5.41, 5.74) is 1.72. The third kappa shape index (κ3) is 4.21. The molecule has 170 valence electrons. The van der Waals surface area contributed by atoms with Crippen molar-refractivity contribution in [3.05, 3.63) is 74.6 Å². The number of rotatable bonds is 6. The third-order valence-electron chi connectivity index (χ3n) is 5.93. The lowest BCUT2D eigenvalue weighted by atomic mass is 10.1. The number of amides is 1. The van der Waals surface area contributed by atoms with Gasteiger partial charge in [-0.1, -0.05) is 29.8 Å². The van der Waals surface area contributed by atoms with Crippen molar-refractivity contribution in [1.29, 1.82) is 0 Å². The number of benzene rings is 1. The second-order valence-corrected chi connectivity index (χ2v) is 9.32. The Kier molecular flexibility index (Phi) is 5.82. The molecule has 1 N–H and O–H groups in total. The fraction of sp³-hybridized carbons (Fsp3) is 0.333. The summed E-state index contributed by atoms with van der Waals surface area (Å²) >= 11 is 1.25. The Hall–Kier alpha value is -3.30. The van der Waals surface area contributed by atoms with Gasteiger partial charge >= 0.3 is 5.69 Å². The molecule has 0 unspecified atom stereocenters. The highest BCUT2D eigenvalue weighted by Gasteiger charge is 2.23. The molecule has 33 heavy (non-hydrogen) atoms. The number of carbonyl (C=O) groups is 1. The van der Waals surface area contributed by atoms with E-state index in [1.54, 1.807) is 12.3 Å². The van der Waals surface area contributed by atoms with Gasteiger partial charge in [0.25, 0.3) is 5.56 Å². The van der Waals surface area contributed by atoms with E-state index in [9.17, 15) is 14.4 Å². The lowest BCUT2D eigenvalue weighted by Crippen LogP contribution is -2.44. The summed E-state index contributed by atoms with van der Waals surface area (Å²) in [6, 6.07) is 11.5. The average Bonchev–Trinajstić information content (AvgIpc) is 3.47. The molecule has 1 amide bonds. The first-order valence-electron chi connectivity index (χ1n) is 11.0. The minimum Gasteiger partial charge on any atom is -0.376 e. The van der Waals surface area contributed by atoms with Crippen molar-refractivity contribution >= 4 is 37.7 Å². The maximum absolute atomic E-state index is 13.5. The number of thiophene rings is 1. The topological polar surface area (TPSA) is 95.2 Å². The number of aryl methyl sites for hydroxylation is 1. The van der Waals surface area contributed by atoms with E-state index < -0.39 is 5.69 Å². The number of nitrogens with one attached hydrogen (secondary N) is 1. The number of pyridine rings is 1. The molecule has 5 rings (SSSR count). The monoisotopic (exact) mass is 464 g/mol. The van der Waals surface area contributed by atoms with Crippen LogP contribution in [-0.4, -0.2) is 32.7 Å². The first-order chi connectivity index (χ1) is 16.0. The Morgan fingerprint density at radius 2 is 2.03 bits per heavy atom. The fourth-order valence-corrected chi connectivity index (χ4v) is 5.29. The van der Waals surface area contributed by atoms with Crippen LogP contribution in [0.5, 0.6) is 0 Å². The molecule has 8 nitrogen and oxygen atoms in total. The molecule has 1 atom stereocenters. The van der Waals surface area contributed by atoms with E-state index in [2.05, 4.69) is 10.3 Å². The Balaban J connectivity index is 1.53. The SMILES string of the molecule is Cc1ccc(CNC(=O)Cn2c(=O)n(C[C@H]3CCCO3)c(=O)c3sc4ncccc4c32)cc1. The van der Waals surface area contributed by atoms with Crippen LogP contribution in [-0.2, 0) is 29.2 Å². The molecule has 4 aromatic rings. The van der Waals surface area contributed by atoms with Gasteiger partial charge in [-0.25, -0.2) is 9.78 Å². The van der Waals surface area contributed by atoms with Gasteiger partial charge in [-0.05, 0) is 37.5 Å². The van der Waals surface area contributed by atoms with Gasteiger partial charge in [0.05, 0.1) is 18.2 Å². The minimum absolute atomic E-state index is 0.177. The molecule has 1 fully saturated rings. The summed E-state index contributed by atoms with van der Waals surface area (Å²) in [6.45, 7) is 2.99. The van der Waals surface area contributed by atoms with E-state index in [1.165, 1.54) is 20.5 Å². The predicted octanol–water partition coefficient (Wildman–Crippen LogP) is 2.58. The van der Waals surface area contributed by atoms with Gasteiger partial charge in [-0.3, -0.25) is 18.7 Å². The average molecular weight is 465 g/mol. The fourth-order valence-electron chi connectivity index (χ4n) is 4.19. The minimum atomic E-state index is -0.503. The zero-order valence-electron chi connectivity index (χ0n) is 18.2. The van der Waals surface area contributed by atoms with Gasteiger partial charge in [-0.2, -0.15) is 0 Å². The second kappa shape index (κ2) is 8.92. The molecule has 0 spiro atoms. The number of carbonyl (C=O) groups excluding carboxylic acids is 1. The van der Waals surface area contributed by atoms with Crippen molar-refractivity contribution in [2.45, 2.75) is 45.5 Å². The quantitative estimate of drug-likeness (QED) is 0.473. The molecule has 0 saturated carbocycles. The summed E-state index contributed by atoms with van der Waals surface area (Å²) in [6.07, 6.45) is 3.18.